The summed E-state index contributed by atoms with van der Waals surface area (Å²) in [5, 5.41) is 5.22. The van der Waals surface area contributed by atoms with E-state index in [9.17, 15) is 14.4 Å². The van der Waals surface area contributed by atoms with E-state index in [1.165, 1.54) is 0 Å². The Labute approximate surface area is 186 Å². The molecule has 170 valence electrons. The maximum atomic E-state index is 12.7. The maximum absolute atomic E-state index is 12.7. The first kappa shape index (κ1) is 22.9. The van der Waals surface area contributed by atoms with Crippen LogP contribution in [0, 0.1) is 0 Å². The number of hydrogen-bond acceptors (Lipinski definition) is 5. The van der Waals surface area contributed by atoms with E-state index in [0.29, 0.717) is 35.0 Å². The fourth-order valence-corrected chi connectivity index (χ4v) is 3.43. The second-order valence-corrected chi connectivity index (χ2v) is 7.35. The Balaban J connectivity index is 1.67. The largest absolute Gasteiger partial charge is 0.490 e. The lowest BCUT2D eigenvalue weighted by Crippen LogP contribution is -2.38. The van der Waals surface area contributed by atoms with E-state index >= 15 is 0 Å². The molecular weight excluding hydrogens is 412 g/mol. The zero-order chi connectivity index (χ0) is 22.9. The number of primary amides is 1. The van der Waals surface area contributed by atoms with Gasteiger partial charge in [0.2, 0.25) is 0 Å². The van der Waals surface area contributed by atoms with Crippen molar-refractivity contribution >= 4 is 29.2 Å². The smallest absolute Gasteiger partial charge is 0.316 e. The minimum absolute atomic E-state index is 0.0570. The Morgan fingerprint density at radius 3 is 2.34 bits per heavy atom. The summed E-state index contributed by atoms with van der Waals surface area (Å²) in [5.74, 6) is 0.369. The fourth-order valence-electron chi connectivity index (χ4n) is 3.43. The van der Waals surface area contributed by atoms with Gasteiger partial charge in [-0.3, -0.25) is 9.59 Å². The standard InChI is InChI=1S/C23H28N4O5/c1-2-31-20-13-16(22(29)25-17-7-6-8-18(14-17)26-23(24)30)9-10-19(20)32-15-21(28)27-11-4-3-5-12-27/h6-10,13-14H,2-5,11-12,15H2,1H3,(H,25,29)(H3,24,26,30). The first-order valence-electron chi connectivity index (χ1n) is 10.6. The van der Waals surface area contributed by atoms with Crippen LogP contribution in [0.2, 0.25) is 0 Å². The highest BCUT2D eigenvalue weighted by Gasteiger charge is 2.18. The molecule has 9 nitrogen and oxygen atoms in total. The topological polar surface area (TPSA) is 123 Å². The number of piperidine rings is 1. The molecule has 1 aliphatic heterocycles. The molecule has 0 atom stereocenters. The third kappa shape index (κ3) is 6.37. The van der Waals surface area contributed by atoms with Crippen LogP contribution in [0.15, 0.2) is 42.5 Å². The summed E-state index contributed by atoms with van der Waals surface area (Å²) < 4.78 is 11.3. The van der Waals surface area contributed by atoms with Gasteiger partial charge in [-0.25, -0.2) is 4.79 Å². The number of likely N-dealkylation sites (tertiary alicyclic amines) is 1. The number of nitrogens with zero attached hydrogens (tertiary/aromatic N) is 1. The van der Waals surface area contributed by atoms with Gasteiger partial charge in [-0.1, -0.05) is 6.07 Å². The summed E-state index contributed by atoms with van der Waals surface area (Å²) in [6.07, 6.45) is 3.18. The molecule has 3 rings (SSSR count). The van der Waals surface area contributed by atoms with Gasteiger partial charge in [0.05, 0.1) is 6.61 Å². The summed E-state index contributed by atoms with van der Waals surface area (Å²) in [5.41, 5.74) is 6.44. The second-order valence-electron chi connectivity index (χ2n) is 7.35. The number of benzene rings is 2. The first-order valence-corrected chi connectivity index (χ1v) is 10.6. The third-order valence-corrected chi connectivity index (χ3v) is 4.95. The Morgan fingerprint density at radius 2 is 1.66 bits per heavy atom. The third-order valence-electron chi connectivity index (χ3n) is 4.95. The zero-order valence-corrected chi connectivity index (χ0v) is 18.1. The molecule has 0 unspecified atom stereocenters. The lowest BCUT2D eigenvalue weighted by Gasteiger charge is -2.26. The summed E-state index contributed by atoms with van der Waals surface area (Å²) in [6, 6.07) is 10.7. The Bertz CT molecular complexity index is 973. The van der Waals surface area contributed by atoms with Crippen molar-refractivity contribution in [2.45, 2.75) is 26.2 Å². The van der Waals surface area contributed by atoms with Gasteiger partial charge in [-0.15, -0.1) is 0 Å². The van der Waals surface area contributed by atoms with Crippen LogP contribution in [0.1, 0.15) is 36.5 Å². The van der Waals surface area contributed by atoms with Crippen LogP contribution >= 0.6 is 0 Å². The molecule has 1 aliphatic rings. The van der Waals surface area contributed by atoms with Gasteiger partial charge in [0.15, 0.2) is 18.1 Å². The Kier molecular flexibility index (Phi) is 7.91. The van der Waals surface area contributed by atoms with Gasteiger partial charge < -0.3 is 30.7 Å². The quantitative estimate of drug-likeness (QED) is 0.582. The zero-order valence-electron chi connectivity index (χ0n) is 18.1. The van der Waals surface area contributed by atoms with E-state index in [2.05, 4.69) is 10.6 Å². The second kappa shape index (κ2) is 11.0. The number of anilines is 2. The van der Waals surface area contributed by atoms with E-state index in [4.69, 9.17) is 15.2 Å². The average Bonchev–Trinajstić information content (AvgIpc) is 2.78. The molecule has 0 radical (unpaired) electrons. The normalized spacial score (nSPS) is 13.2. The number of ether oxygens (including phenoxy) is 2. The predicted molar refractivity (Wildman–Crippen MR) is 121 cm³/mol. The summed E-state index contributed by atoms with van der Waals surface area (Å²) in [6.45, 7) is 3.64. The minimum Gasteiger partial charge on any atom is -0.490 e. The van der Waals surface area contributed by atoms with E-state index in [1.54, 1.807) is 42.5 Å². The number of hydrogen-bond donors (Lipinski definition) is 3. The fraction of sp³-hybridized carbons (Fsp3) is 0.348. The van der Waals surface area contributed by atoms with E-state index < -0.39 is 6.03 Å². The van der Waals surface area contributed by atoms with Crippen LogP contribution in [0.25, 0.3) is 0 Å². The molecule has 0 aliphatic carbocycles. The van der Waals surface area contributed by atoms with Crippen molar-refractivity contribution in [3.05, 3.63) is 48.0 Å². The molecule has 2 aromatic rings. The van der Waals surface area contributed by atoms with Gasteiger partial charge in [-0.05, 0) is 62.6 Å². The number of amides is 4. The van der Waals surface area contributed by atoms with Crippen LogP contribution in [0.4, 0.5) is 16.2 Å². The van der Waals surface area contributed by atoms with Crippen LogP contribution in [0.3, 0.4) is 0 Å². The molecule has 0 aromatic heterocycles. The summed E-state index contributed by atoms with van der Waals surface area (Å²) >= 11 is 0. The monoisotopic (exact) mass is 440 g/mol. The number of nitrogens with one attached hydrogen (secondary N) is 2. The minimum atomic E-state index is -0.691. The number of carbonyl (C=O) groups excluding carboxylic acids is 3. The molecular formula is C23H28N4O5. The van der Waals surface area contributed by atoms with Crippen molar-refractivity contribution in [2.75, 3.05) is 36.9 Å². The Hall–Kier alpha value is -3.75. The van der Waals surface area contributed by atoms with Crippen molar-refractivity contribution in [2.24, 2.45) is 5.73 Å². The van der Waals surface area contributed by atoms with Crippen LogP contribution in [-0.4, -0.2) is 49.0 Å². The van der Waals surface area contributed by atoms with Gasteiger partial charge in [-0.2, -0.15) is 0 Å². The van der Waals surface area contributed by atoms with Crippen molar-refractivity contribution in [3.8, 4) is 11.5 Å². The molecule has 4 amide bonds. The molecule has 1 heterocycles. The first-order chi connectivity index (χ1) is 15.5. The van der Waals surface area contributed by atoms with Crippen LogP contribution in [-0.2, 0) is 4.79 Å². The lowest BCUT2D eigenvalue weighted by atomic mass is 10.1. The van der Waals surface area contributed by atoms with Gasteiger partial charge in [0.25, 0.3) is 11.8 Å². The highest BCUT2D eigenvalue weighted by Crippen LogP contribution is 2.29. The Morgan fingerprint density at radius 1 is 0.938 bits per heavy atom. The van der Waals surface area contributed by atoms with Gasteiger partial charge >= 0.3 is 6.03 Å². The number of urea groups is 1. The van der Waals surface area contributed by atoms with Crippen molar-refractivity contribution in [3.63, 3.8) is 0 Å². The number of nitrogens with two attached hydrogens (primary N) is 1. The molecule has 2 aromatic carbocycles. The van der Waals surface area contributed by atoms with E-state index in [-0.39, 0.29) is 18.4 Å². The average molecular weight is 441 g/mol. The van der Waals surface area contributed by atoms with Crippen molar-refractivity contribution in [1.29, 1.82) is 0 Å². The highest BCUT2D eigenvalue weighted by molar-refractivity contribution is 6.05. The molecule has 1 fully saturated rings. The van der Waals surface area contributed by atoms with Crippen molar-refractivity contribution < 1.29 is 23.9 Å². The lowest BCUT2D eigenvalue weighted by molar-refractivity contribution is -0.134. The molecule has 0 bridgehead atoms. The molecule has 1 saturated heterocycles. The molecule has 0 saturated carbocycles. The van der Waals surface area contributed by atoms with Crippen LogP contribution < -0.4 is 25.8 Å². The summed E-state index contributed by atoms with van der Waals surface area (Å²) in [7, 11) is 0. The highest BCUT2D eigenvalue weighted by atomic mass is 16.5. The van der Waals surface area contributed by atoms with Gasteiger partial charge in [0.1, 0.15) is 0 Å². The molecule has 4 N–H and O–H groups in total. The predicted octanol–water partition coefficient (Wildman–Crippen LogP) is 3.22. The molecule has 0 spiro atoms. The van der Waals surface area contributed by atoms with E-state index in [0.717, 1.165) is 32.4 Å². The van der Waals surface area contributed by atoms with Crippen molar-refractivity contribution in [1.82, 2.24) is 4.90 Å². The SMILES string of the molecule is CCOc1cc(C(=O)Nc2cccc(NC(N)=O)c2)ccc1OCC(=O)N1CCCCC1. The van der Waals surface area contributed by atoms with Crippen LogP contribution in [0.5, 0.6) is 11.5 Å². The molecule has 32 heavy (non-hydrogen) atoms. The number of carbonyl (C=O) groups is 3. The molecule has 9 heteroatoms. The maximum Gasteiger partial charge on any atom is 0.316 e. The number of rotatable bonds is 8. The summed E-state index contributed by atoms with van der Waals surface area (Å²) in [4.78, 5) is 37.9. The van der Waals surface area contributed by atoms with E-state index in [1.807, 2.05) is 11.8 Å². The van der Waals surface area contributed by atoms with Gasteiger partial charge in [0, 0.05) is 30.0 Å².